The van der Waals surface area contributed by atoms with Crippen LogP contribution in [0.15, 0.2) is 11.5 Å². The van der Waals surface area contributed by atoms with Crippen LogP contribution in [0.4, 0.5) is 0 Å². The summed E-state index contributed by atoms with van der Waals surface area (Å²) in [5.74, 6) is -0.139. The van der Waals surface area contributed by atoms with Gasteiger partial charge in [0.15, 0.2) is 0 Å². The number of esters is 1. The van der Waals surface area contributed by atoms with Crippen LogP contribution in [0.1, 0.15) is 47.0 Å². The summed E-state index contributed by atoms with van der Waals surface area (Å²) in [6.45, 7) is 8.20. The first kappa shape index (κ1) is 14.6. The minimum Gasteiger partial charge on any atom is -0.469 e. The summed E-state index contributed by atoms with van der Waals surface area (Å²) in [4.78, 5) is 11.5. The third-order valence-corrected chi connectivity index (χ3v) is 4.54. The molecule has 1 atom stereocenters. The number of ether oxygens (including phenoxy) is 1. The fourth-order valence-electron chi connectivity index (χ4n) is 2.44. The Morgan fingerprint density at radius 2 is 1.89 bits per heavy atom. The number of carbonyl (C=O) groups excluding carboxylic acids is 1. The Kier molecular flexibility index (Phi) is 3.80. The molecular formula is C14H23BO4. The van der Waals surface area contributed by atoms with Crippen molar-refractivity contribution in [2.75, 3.05) is 7.11 Å². The average molecular weight is 266 g/mol. The molecule has 1 heterocycles. The van der Waals surface area contributed by atoms with Crippen LogP contribution in [0.5, 0.6) is 0 Å². The minimum atomic E-state index is -0.308. The molecule has 19 heavy (non-hydrogen) atoms. The second-order valence-corrected chi connectivity index (χ2v) is 6.36. The van der Waals surface area contributed by atoms with E-state index < -0.39 is 0 Å². The van der Waals surface area contributed by atoms with Crippen molar-refractivity contribution in [2.24, 2.45) is 5.92 Å². The van der Waals surface area contributed by atoms with E-state index in [1.165, 1.54) is 7.11 Å². The number of carbonyl (C=O) groups is 1. The second-order valence-electron chi connectivity index (χ2n) is 6.36. The summed E-state index contributed by atoms with van der Waals surface area (Å²) in [6, 6.07) is 0. The molecule has 1 aliphatic heterocycles. The van der Waals surface area contributed by atoms with Gasteiger partial charge in [0, 0.05) is 0 Å². The first-order valence-corrected chi connectivity index (χ1v) is 6.89. The van der Waals surface area contributed by atoms with Gasteiger partial charge in [-0.15, -0.1) is 0 Å². The van der Waals surface area contributed by atoms with Crippen LogP contribution in [0.25, 0.3) is 0 Å². The molecule has 106 valence electrons. The monoisotopic (exact) mass is 266 g/mol. The topological polar surface area (TPSA) is 44.8 Å². The van der Waals surface area contributed by atoms with Gasteiger partial charge in [-0.05, 0) is 52.4 Å². The normalized spacial score (nSPS) is 29.0. The Morgan fingerprint density at radius 1 is 1.32 bits per heavy atom. The Bertz CT molecular complexity index is 384. The fraction of sp³-hybridized carbons (Fsp3) is 0.786. The number of methoxy groups -OCH3 is 1. The molecule has 1 aliphatic carbocycles. The molecule has 4 nitrogen and oxygen atoms in total. The zero-order chi connectivity index (χ0) is 14.3. The van der Waals surface area contributed by atoms with E-state index in [-0.39, 0.29) is 30.2 Å². The van der Waals surface area contributed by atoms with Crippen LogP contribution in [0.3, 0.4) is 0 Å². The lowest BCUT2D eigenvalue weighted by Crippen LogP contribution is -2.41. The van der Waals surface area contributed by atoms with Crippen molar-refractivity contribution in [1.29, 1.82) is 0 Å². The van der Waals surface area contributed by atoms with Gasteiger partial charge in [0.1, 0.15) is 0 Å². The molecule has 0 unspecified atom stereocenters. The van der Waals surface area contributed by atoms with E-state index in [1.54, 1.807) is 0 Å². The molecular weight excluding hydrogens is 243 g/mol. The van der Waals surface area contributed by atoms with Crippen LogP contribution >= 0.6 is 0 Å². The SMILES string of the molecule is COC(=O)[C@@H]1CC=C(B2OC(C)(C)C(C)(C)O2)CC1. The van der Waals surface area contributed by atoms with Gasteiger partial charge >= 0.3 is 13.1 Å². The van der Waals surface area contributed by atoms with Crippen LogP contribution in [0, 0.1) is 5.92 Å². The Balaban J connectivity index is 2.03. The van der Waals surface area contributed by atoms with E-state index in [0.717, 1.165) is 18.3 Å². The zero-order valence-corrected chi connectivity index (χ0v) is 12.5. The van der Waals surface area contributed by atoms with Gasteiger partial charge in [0.05, 0.1) is 24.2 Å². The highest BCUT2D eigenvalue weighted by atomic mass is 16.7. The van der Waals surface area contributed by atoms with Crippen molar-refractivity contribution in [1.82, 2.24) is 0 Å². The Labute approximate surface area is 115 Å². The summed E-state index contributed by atoms with van der Waals surface area (Å²) in [7, 11) is 1.17. The molecule has 0 aromatic heterocycles. The lowest BCUT2D eigenvalue weighted by Gasteiger charge is -2.32. The molecule has 0 aromatic rings. The standard InChI is InChI=1S/C14H23BO4/c1-13(2)14(3,4)19-15(18-13)11-8-6-10(7-9-11)12(16)17-5/h8,10H,6-7,9H2,1-5H3/t10-/m1/s1. The maximum Gasteiger partial charge on any atom is 0.490 e. The Hall–Kier alpha value is -0.805. The van der Waals surface area contributed by atoms with Gasteiger partial charge in [-0.2, -0.15) is 0 Å². The highest BCUT2D eigenvalue weighted by Gasteiger charge is 2.52. The molecule has 0 amide bonds. The second kappa shape index (κ2) is 4.95. The van der Waals surface area contributed by atoms with Crippen LogP contribution in [-0.4, -0.2) is 31.4 Å². The molecule has 0 aromatic carbocycles. The molecule has 0 N–H and O–H groups in total. The maximum absolute atomic E-state index is 11.5. The lowest BCUT2D eigenvalue weighted by atomic mass is 9.70. The van der Waals surface area contributed by atoms with E-state index in [9.17, 15) is 4.79 Å². The molecule has 1 saturated heterocycles. The predicted octanol–water partition coefficient (Wildman–Crippen LogP) is 2.52. The van der Waals surface area contributed by atoms with E-state index in [0.29, 0.717) is 6.42 Å². The largest absolute Gasteiger partial charge is 0.490 e. The molecule has 2 aliphatic rings. The molecule has 0 saturated carbocycles. The number of hydrogen-bond donors (Lipinski definition) is 0. The van der Waals surface area contributed by atoms with E-state index in [4.69, 9.17) is 14.0 Å². The molecule has 0 bridgehead atoms. The average Bonchev–Trinajstić information content (AvgIpc) is 2.58. The van der Waals surface area contributed by atoms with Crippen molar-refractivity contribution in [3.63, 3.8) is 0 Å². The molecule has 5 heteroatoms. The molecule has 2 rings (SSSR count). The van der Waals surface area contributed by atoms with Crippen molar-refractivity contribution >= 4 is 13.1 Å². The number of allylic oxidation sites excluding steroid dienone is 2. The first-order valence-electron chi connectivity index (χ1n) is 6.89. The third kappa shape index (κ3) is 2.72. The lowest BCUT2D eigenvalue weighted by molar-refractivity contribution is -0.145. The van der Waals surface area contributed by atoms with Crippen molar-refractivity contribution < 1.29 is 18.8 Å². The van der Waals surface area contributed by atoms with Gasteiger partial charge in [-0.25, -0.2) is 0 Å². The summed E-state index contributed by atoms with van der Waals surface area (Å²) in [6.07, 6.45) is 4.43. The van der Waals surface area contributed by atoms with Gasteiger partial charge in [0.2, 0.25) is 0 Å². The summed E-state index contributed by atoms with van der Waals surface area (Å²) >= 11 is 0. The first-order chi connectivity index (χ1) is 8.77. The third-order valence-electron chi connectivity index (χ3n) is 4.54. The van der Waals surface area contributed by atoms with E-state index >= 15 is 0 Å². The highest BCUT2D eigenvalue weighted by Crippen LogP contribution is 2.40. The number of rotatable bonds is 2. The maximum atomic E-state index is 11.5. The molecule has 1 fully saturated rings. The summed E-state index contributed by atoms with van der Waals surface area (Å²) < 4.78 is 16.8. The van der Waals surface area contributed by atoms with Crippen molar-refractivity contribution in [3.8, 4) is 0 Å². The Morgan fingerprint density at radius 3 is 2.32 bits per heavy atom. The van der Waals surface area contributed by atoms with Gasteiger partial charge in [-0.3, -0.25) is 4.79 Å². The fourth-order valence-corrected chi connectivity index (χ4v) is 2.44. The smallest absolute Gasteiger partial charge is 0.469 e. The van der Waals surface area contributed by atoms with Gasteiger partial charge in [0.25, 0.3) is 0 Å². The van der Waals surface area contributed by atoms with Crippen molar-refractivity contribution in [3.05, 3.63) is 11.5 Å². The van der Waals surface area contributed by atoms with Crippen LogP contribution in [0.2, 0.25) is 0 Å². The minimum absolute atomic E-state index is 0.0174. The predicted molar refractivity (Wildman–Crippen MR) is 73.5 cm³/mol. The van der Waals surface area contributed by atoms with Gasteiger partial charge < -0.3 is 14.0 Å². The van der Waals surface area contributed by atoms with Gasteiger partial charge in [-0.1, -0.05) is 6.08 Å². The van der Waals surface area contributed by atoms with E-state index in [2.05, 4.69) is 6.08 Å². The molecule has 0 spiro atoms. The summed E-state index contributed by atoms with van der Waals surface area (Å²) in [5, 5.41) is 0. The zero-order valence-electron chi connectivity index (χ0n) is 12.5. The quantitative estimate of drug-likeness (QED) is 0.569. The molecule has 0 radical (unpaired) electrons. The van der Waals surface area contributed by atoms with Crippen molar-refractivity contribution in [2.45, 2.75) is 58.2 Å². The van der Waals surface area contributed by atoms with Crippen LogP contribution in [-0.2, 0) is 18.8 Å². The number of hydrogen-bond acceptors (Lipinski definition) is 4. The summed E-state index contributed by atoms with van der Waals surface area (Å²) in [5.41, 5.74) is 0.536. The van der Waals surface area contributed by atoms with Crippen LogP contribution < -0.4 is 0 Å². The highest BCUT2D eigenvalue weighted by molar-refractivity contribution is 6.54. The van der Waals surface area contributed by atoms with E-state index in [1.807, 2.05) is 27.7 Å².